The Kier molecular flexibility index (Phi) is 4.63. The third-order valence-corrected chi connectivity index (χ3v) is 1.40. The van der Waals surface area contributed by atoms with Gasteiger partial charge in [-0.1, -0.05) is 19.9 Å². The van der Waals surface area contributed by atoms with Crippen LogP contribution in [-0.2, 0) is 4.79 Å². The predicted molar refractivity (Wildman–Crippen MR) is 42.7 cm³/mol. The highest BCUT2D eigenvalue weighted by Crippen LogP contribution is 1.99. The first-order valence-electron chi connectivity index (χ1n) is 3.62. The number of ketones is 1. The van der Waals surface area contributed by atoms with Gasteiger partial charge in [0.2, 0.25) is 0 Å². The van der Waals surface area contributed by atoms with Crippen LogP contribution in [0.4, 0.5) is 0 Å². The maximum absolute atomic E-state index is 11.0. The van der Waals surface area contributed by atoms with E-state index in [0.717, 1.165) is 12.8 Å². The first kappa shape index (κ1) is 9.21. The van der Waals surface area contributed by atoms with Crippen molar-refractivity contribution in [2.24, 2.45) is 0 Å². The normalized spacial score (nSPS) is 9.00. The summed E-state index contributed by atoms with van der Waals surface area (Å²) < 4.78 is 0. The molecule has 0 bridgehead atoms. The van der Waals surface area contributed by atoms with Gasteiger partial charge in [-0.05, 0) is 6.42 Å². The van der Waals surface area contributed by atoms with Crippen LogP contribution in [0.5, 0.6) is 0 Å². The summed E-state index contributed by atoms with van der Waals surface area (Å²) in [5, 5.41) is 2.73. The number of nitrogens with one attached hydrogen (secondary N) is 1. The van der Waals surface area contributed by atoms with E-state index in [9.17, 15) is 4.79 Å². The summed E-state index contributed by atoms with van der Waals surface area (Å²) in [6.45, 7) is 5.63. The average Bonchev–Trinajstić information content (AvgIpc) is 1.98. The summed E-state index contributed by atoms with van der Waals surface area (Å²) in [5.41, 5.74) is 0.522. The van der Waals surface area contributed by atoms with Crippen LogP contribution in [0.1, 0.15) is 26.2 Å². The van der Waals surface area contributed by atoms with Crippen molar-refractivity contribution in [3.63, 3.8) is 0 Å². The van der Waals surface area contributed by atoms with Crippen LogP contribution in [0.3, 0.4) is 0 Å². The molecule has 0 aliphatic heterocycles. The fraction of sp³-hybridized carbons (Fsp3) is 0.625. The molecule has 0 amide bonds. The average molecular weight is 141 g/mol. The van der Waals surface area contributed by atoms with Gasteiger partial charge in [-0.3, -0.25) is 4.79 Å². The van der Waals surface area contributed by atoms with Gasteiger partial charge < -0.3 is 5.32 Å². The zero-order valence-corrected chi connectivity index (χ0v) is 6.74. The molecule has 2 nitrogen and oxygen atoms in total. The van der Waals surface area contributed by atoms with Crippen molar-refractivity contribution in [1.82, 2.24) is 5.32 Å². The van der Waals surface area contributed by atoms with E-state index < -0.39 is 0 Å². The van der Waals surface area contributed by atoms with E-state index in [4.69, 9.17) is 0 Å². The molecule has 0 aliphatic carbocycles. The SMILES string of the molecule is C=C(NC)C(=O)CCCC. The Labute approximate surface area is 62.3 Å². The summed E-state index contributed by atoms with van der Waals surface area (Å²) >= 11 is 0. The Morgan fingerprint density at radius 2 is 2.20 bits per heavy atom. The Morgan fingerprint density at radius 1 is 1.60 bits per heavy atom. The first-order chi connectivity index (χ1) is 4.72. The van der Waals surface area contributed by atoms with Gasteiger partial charge in [0.05, 0.1) is 5.70 Å². The van der Waals surface area contributed by atoms with E-state index in [1.165, 1.54) is 0 Å². The molecular formula is C8H15NO. The van der Waals surface area contributed by atoms with Crippen LogP contribution in [0, 0.1) is 0 Å². The molecule has 0 aliphatic rings. The number of carbonyl (C=O) groups is 1. The molecule has 0 fully saturated rings. The maximum Gasteiger partial charge on any atom is 0.178 e. The second-order valence-corrected chi connectivity index (χ2v) is 2.26. The van der Waals surface area contributed by atoms with Crippen molar-refractivity contribution in [2.75, 3.05) is 7.05 Å². The number of hydrogen-bond acceptors (Lipinski definition) is 2. The molecule has 1 N–H and O–H groups in total. The largest absolute Gasteiger partial charge is 0.386 e. The lowest BCUT2D eigenvalue weighted by Crippen LogP contribution is -2.14. The van der Waals surface area contributed by atoms with Gasteiger partial charge >= 0.3 is 0 Å². The van der Waals surface area contributed by atoms with E-state index in [1.54, 1.807) is 7.05 Å². The van der Waals surface area contributed by atoms with E-state index in [-0.39, 0.29) is 5.78 Å². The van der Waals surface area contributed by atoms with Gasteiger partial charge in [-0.2, -0.15) is 0 Å². The maximum atomic E-state index is 11.0. The number of rotatable bonds is 5. The highest BCUT2D eigenvalue weighted by atomic mass is 16.1. The summed E-state index contributed by atoms with van der Waals surface area (Å²) in [7, 11) is 1.71. The molecule has 0 atom stereocenters. The Bertz CT molecular complexity index is 129. The zero-order valence-electron chi connectivity index (χ0n) is 6.74. The Hall–Kier alpha value is -0.790. The summed E-state index contributed by atoms with van der Waals surface area (Å²) in [4.78, 5) is 11.0. The number of hydrogen-bond donors (Lipinski definition) is 1. The molecule has 0 rings (SSSR count). The molecule has 0 aromatic heterocycles. The minimum Gasteiger partial charge on any atom is -0.386 e. The number of allylic oxidation sites excluding steroid dienone is 1. The number of carbonyl (C=O) groups excluding carboxylic acids is 1. The molecule has 2 heteroatoms. The van der Waals surface area contributed by atoms with E-state index >= 15 is 0 Å². The quantitative estimate of drug-likeness (QED) is 0.587. The smallest absolute Gasteiger partial charge is 0.178 e. The molecule has 0 saturated heterocycles. The number of likely N-dealkylation sites (N-methyl/N-ethyl adjacent to an activating group) is 1. The number of unbranched alkanes of at least 4 members (excludes halogenated alkanes) is 1. The molecule has 58 valence electrons. The van der Waals surface area contributed by atoms with Gasteiger partial charge in [-0.15, -0.1) is 0 Å². The van der Waals surface area contributed by atoms with E-state index in [2.05, 4.69) is 18.8 Å². The monoisotopic (exact) mass is 141 g/mol. The van der Waals surface area contributed by atoms with E-state index in [1.807, 2.05) is 0 Å². The number of Topliss-reactive ketones (excluding diaryl/α,β-unsaturated/α-hetero) is 1. The standard InChI is InChI=1S/C8H15NO/c1-4-5-6-8(10)7(2)9-3/h9H,2,4-6H2,1,3H3. The third-order valence-electron chi connectivity index (χ3n) is 1.40. The predicted octanol–water partition coefficient (Wildman–Crippen LogP) is 1.48. The van der Waals surface area contributed by atoms with Gasteiger partial charge in [-0.25, -0.2) is 0 Å². The molecule has 0 unspecified atom stereocenters. The van der Waals surface area contributed by atoms with Crippen LogP contribution in [0.2, 0.25) is 0 Å². The molecule has 0 aromatic carbocycles. The second kappa shape index (κ2) is 5.03. The minimum absolute atomic E-state index is 0.129. The molecule has 0 aromatic rings. The highest BCUT2D eigenvalue weighted by molar-refractivity contribution is 5.93. The molecular weight excluding hydrogens is 126 g/mol. The Morgan fingerprint density at radius 3 is 2.60 bits per heavy atom. The summed E-state index contributed by atoms with van der Waals surface area (Å²) in [5.74, 6) is 0.129. The molecule has 10 heavy (non-hydrogen) atoms. The fourth-order valence-electron chi connectivity index (χ4n) is 0.628. The topological polar surface area (TPSA) is 29.1 Å². The fourth-order valence-corrected chi connectivity index (χ4v) is 0.628. The highest BCUT2D eigenvalue weighted by Gasteiger charge is 2.02. The molecule has 0 radical (unpaired) electrons. The molecule has 0 saturated carbocycles. The lowest BCUT2D eigenvalue weighted by molar-refractivity contribution is -0.115. The molecule has 0 heterocycles. The van der Waals surface area contributed by atoms with Gasteiger partial charge in [0.1, 0.15) is 0 Å². The van der Waals surface area contributed by atoms with Gasteiger partial charge in [0, 0.05) is 13.5 Å². The van der Waals surface area contributed by atoms with Crippen molar-refractivity contribution < 1.29 is 4.79 Å². The van der Waals surface area contributed by atoms with Crippen LogP contribution in [0.15, 0.2) is 12.3 Å². The zero-order chi connectivity index (χ0) is 7.98. The van der Waals surface area contributed by atoms with E-state index in [0.29, 0.717) is 12.1 Å². The minimum atomic E-state index is 0.129. The van der Waals surface area contributed by atoms with Crippen molar-refractivity contribution in [3.8, 4) is 0 Å². The summed E-state index contributed by atoms with van der Waals surface area (Å²) in [6.07, 6.45) is 2.64. The Balaban J connectivity index is 3.52. The van der Waals surface area contributed by atoms with Crippen molar-refractivity contribution in [1.29, 1.82) is 0 Å². The molecule has 0 spiro atoms. The third kappa shape index (κ3) is 3.28. The lowest BCUT2D eigenvalue weighted by Gasteiger charge is -2.01. The van der Waals surface area contributed by atoms with Gasteiger partial charge in [0.25, 0.3) is 0 Å². The summed E-state index contributed by atoms with van der Waals surface area (Å²) in [6, 6.07) is 0. The van der Waals surface area contributed by atoms with Crippen LogP contribution < -0.4 is 5.32 Å². The van der Waals surface area contributed by atoms with Crippen molar-refractivity contribution in [3.05, 3.63) is 12.3 Å². The van der Waals surface area contributed by atoms with Crippen LogP contribution >= 0.6 is 0 Å². The van der Waals surface area contributed by atoms with Crippen molar-refractivity contribution >= 4 is 5.78 Å². The lowest BCUT2D eigenvalue weighted by atomic mass is 10.1. The van der Waals surface area contributed by atoms with Crippen LogP contribution in [-0.4, -0.2) is 12.8 Å². The van der Waals surface area contributed by atoms with Crippen molar-refractivity contribution in [2.45, 2.75) is 26.2 Å². The second-order valence-electron chi connectivity index (χ2n) is 2.26. The first-order valence-corrected chi connectivity index (χ1v) is 3.62. The van der Waals surface area contributed by atoms with Gasteiger partial charge in [0.15, 0.2) is 5.78 Å². The van der Waals surface area contributed by atoms with Crippen LogP contribution in [0.25, 0.3) is 0 Å².